The van der Waals surface area contributed by atoms with E-state index in [0.717, 1.165) is 17.6 Å². The van der Waals surface area contributed by atoms with Crippen LogP contribution in [0.2, 0.25) is 0 Å². The predicted octanol–water partition coefficient (Wildman–Crippen LogP) is 2.31. The summed E-state index contributed by atoms with van der Waals surface area (Å²) in [6.07, 6.45) is 3.93. The molecule has 0 saturated carbocycles. The minimum absolute atomic E-state index is 0.592. The molecule has 1 heterocycles. The summed E-state index contributed by atoms with van der Waals surface area (Å²) in [5.41, 5.74) is 2.12. The van der Waals surface area contributed by atoms with E-state index < -0.39 is 0 Å². The Morgan fingerprint density at radius 3 is 2.07 bits per heavy atom. The number of rotatable bonds is 3. The molecule has 0 aliphatic carbocycles. The second-order valence-electron chi connectivity index (χ2n) is 3.74. The summed E-state index contributed by atoms with van der Waals surface area (Å²) < 4.78 is 45.2. The molecule has 2 aromatic rings. The van der Waals surface area contributed by atoms with E-state index in [1.807, 2.05) is 18.2 Å². The molecule has 0 aliphatic rings. The molecule has 0 amide bonds. The Morgan fingerprint density at radius 2 is 1.61 bits per heavy atom. The van der Waals surface area contributed by atoms with Crippen molar-refractivity contribution in [1.29, 1.82) is 0 Å². The fourth-order valence-corrected chi connectivity index (χ4v) is 1.90. The Bertz CT molecular complexity index is 840. The molecule has 28 heavy (non-hydrogen) atoms. The Labute approximate surface area is 171 Å². The first kappa shape index (κ1) is 32.8. The molecule has 0 N–H and O–H groups in total. The summed E-state index contributed by atoms with van der Waals surface area (Å²) in [5.74, 6) is 6.07. The molecule has 1 aromatic carbocycles. The number of nitrogens with zero attached hydrogens (tertiary/aromatic N) is 1. The first-order valence-electron chi connectivity index (χ1n) is 6.57. The van der Waals surface area contributed by atoms with Gasteiger partial charge in [-0.2, -0.15) is 0 Å². The van der Waals surface area contributed by atoms with E-state index in [1.54, 1.807) is 7.11 Å². The number of para-hydroxylation sites is 1. The molecule has 8 heteroatoms. The van der Waals surface area contributed by atoms with Crippen molar-refractivity contribution in [2.75, 3.05) is 7.11 Å². The summed E-state index contributed by atoms with van der Waals surface area (Å²) in [5, 5.41) is 1.18. The molecule has 140 valence electrons. The van der Waals surface area contributed by atoms with Crippen molar-refractivity contribution < 1.29 is 43.8 Å². The van der Waals surface area contributed by atoms with Crippen LogP contribution in [0.1, 0.15) is 5.56 Å². The molecule has 0 bridgehead atoms. The minimum atomic E-state index is 0.592. The van der Waals surface area contributed by atoms with E-state index in [9.17, 15) is 0 Å². The van der Waals surface area contributed by atoms with E-state index >= 15 is 0 Å². The first-order valence-corrected chi connectivity index (χ1v) is 7.21. The molecule has 0 atom stereocenters. The zero-order valence-electron chi connectivity index (χ0n) is 14.7. The third-order valence-corrected chi connectivity index (χ3v) is 3.02. The third-order valence-electron chi connectivity index (χ3n) is 2.60. The van der Waals surface area contributed by atoms with Crippen molar-refractivity contribution in [3.63, 3.8) is 0 Å². The second-order valence-corrected chi connectivity index (χ2v) is 4.32. The molecular formula is C20H13CrNO6. The number of benzene rings is 1. The van der Waals surface area contributed by atoms with Gasteiger partial charge in [-0.3, -0.25) is 0 Å². The van der Waals surface area contributed by atoms with Gasteiger partial charge in [0.25, 0.3) is 0 Å². The molecule has 0 saturated heterocycles. The van der Waals surface area contributed by atoms with Crippen molar-refractivity contribution in [2.45, 2.75) is 6.54 Å². The number of methoxy groups -OCH3 is 1. The summed E-state index contributed by atoms with van der Waals surface area (Å²) in [6, 6.07) is 8.19. The Kier molecular flexibility index (Phi) is 30.8. The zero-order chi connectivity index (χ0) is 23.0. The van der Waals surface area contributed by atoms with Crippen LogP contribution in [0.25, 0.3) is 10.9 Å². The SMILES string of the molecule is C=CCn1ccc2cccc(C#C[C](=[Cr])OC)c21.[C-]#[O+].[C-]#[O+].[C-]#[O+].[C-]#[O+].[C-]#[O+]. The maximum atomic E-state index is 7.50. The van der Waals surface area contributed by atoms with Gasteiger partial charge in [-0.25, -0.2) is 0 Å². The van der Waals surface area contributed by atoms with Crippen LogP contribution in [0.5, 0.6) is 0 Å². The predicted molar refractivity (Wildman–Crippen MR) is 90.7 cm³/mol. The van der Waals surface area contributed by atoms with Gasteiger partial charge in [-0.1, -0.05) is 0 Å². The van der Waals surface area contributed by atoms with Crippen LogP contribution in [-0.4, -0.2) is 16.2 Å². The van der Waals surface area contributed by atoms with Gasteiger partial charge in [-0.05, 0) is 0 Å². The number of hydrogen-bond acceptors (Lipinski definition) is 1. The van der Waals surface area contributed by atoms with Crippen LogP contribution in [0.3, 0.4) is 0 Å². The summed E-state index contributed by atoms with van der Waals surface area (Å²) >= 11 is 2.78. The van der Waals surface area contributed by atoms with Crippen LogP contribution in [0.15, 0.2) is 43.1 Å². The Morgan fingerprint density at radius 1 is 1.07 bits per heavy atom. The fraction of sp³-hybridized carbons (Fsp3) is 0.100. The molecule has 0 radical (unpaired) electrons. The molecule has 7 nitrogen and oxygen atoms in total. The molecule has 2 rings (SSSR count). The van der Waals surface area contributed by atoms with Gasteiger partial charge >= 0.3 is 171 Å². The van der Waals surface area contributed by atoms with Crippen molar-refractivity contribution in [3.8, 4) is 11.8 Å². The van der Waals surface area contributed by atoms with Crippen LogP contribution in [0.4, 0.5) is 0 Å². The molecule has 0 unspecified atom stereocenters. The average molecular weight is 415 g/mol. The van der Waals surface area contributed by atoms with E-state index in [2.05, 4.69) is 90.4 Å². The second kappa shape index (κ2) is 26.4. The first-order chi connectivity index (χ1) is 13.8. The summed E-state index contributed by atoms with van der Waals surface area (Å²) in [7, 11) is 1.60. The number of fused-ring (bicyclic) bond motifs is 1. The quantitative estimate of drug-likeness (QED) is 0.326. The summed E-state index contributed by atoms with van der Waals surface area (Å²) in [4.78, 5) is 0. The zero-order valence-corrected chi connectivity index (χ0v) is 16.0. The monoisotopic (exact) mass is 415 g/mol. The van der Waals surface area contributed by atoms with Crippen molar-refractivity contribution >= 4 is 15.5 Å². The summed E-state index contributed by atoms with van der Waals surface area (Å²) in [6.45, 7) is 27.1. The van der Waals surface area contributed by atoms with Gasteiger partial charge in [0.05, 0.1) is 0 Å². The number of ether oxygens (including phenoxy) is 1. The van der Waals surface area contributed by atoms with Crippen molar-refractivity contribution in [1.82, 2.24) is 4.57 Å². The Balaban J connectivity index is -0.000000251. The van der Waals surface area contributed by atoms with Gasteiger partial charge in [0.2, 0.25) is 0 Å². The molecular weight excluding hydrogens is 402 g/mol. The van der Waals surface area contributed by atoms with E-state index in [0.29, 0.717) is 4.57 Å². The molecule has 0 fully saturated rings. The average Bonchev–Trinajstić information content (AvgIpc) is 3.23. The maximum absolute atomic E-state index is 7.50. The molecule has 0 aliphatic heterocycles. The van der Waals surface area contributed by atoms with Crippen molar-refractivity contribution in [3.05, 3.63) is 81.9 Å². The van der Waals surface area contributed by atoms with Crippen LogP contribution < -0.4 is 0 Å². The fourth-order valence-electron chi connectivity index (χ4n) is 1.82. The van der Waals surface area contributed by atoms with Crippen LogP contribution >= 0.6 is 0 Å². The molecule has 1 aromatic heterocycles. The van der Waals surface area contributed by atoms with Crippen molar-refractivity contribution in [2.24, 2.45) is 0 Å². The van der Waals surface area contributed by atoms with E-state index in [-0.39, 0.29) is 0 Å². The van der Waals surface area contributed by atoms with Crippen LogP contribution in [-0.2, 0) is 50.4 Å². The van der Waals surface area contributed by atoms with Gasteiger partial charge < -0.3 is 0 Å². The third kappa shape index (κ3) is 12.5. The number of allylic oxidation sites excluding steroid dienone is 1. The molecule has 0 spiro atoms. The topological polar surface area (TPSA) is 114 Å². The van der Waals surface area contributed by atoms with Gasteiger partial charge in [0.15, 0.2) is 0 Å². The van der Waals surface area contributed by atoms with Crippen LogP contribution in [0, 0.1) is 45.1 Å². The van der Waals surface area contributed by atoms with E-state index in [1.165, 1.54) is 5.39 Å². The van der Waals surface area contributed by atoms with Gasteiger partial charge in [0, 0.05) is 0 Å². The standard InChI is InChI=1S/C15H13NO.5CO.Cr/c1-3-10-16-11-9-14-7-4-6-13(15(14)16)8-5-12-17-2;5*1-2;/h3-4,6-7,9,11H,1,10H2,2H3;;;;;;. The van der Waals surface area contributed by atoms with Gasteiger partial charge in [0.1, 0.15) is 0 Å². The Hall–Kier alpha value is -2.88. The normalized spacial score (nSPS) is 6.68. The van der Waals surface area contributed by atoms with Gasteiger partial charge in [-0.15, -0.1) is 0 Å². The number of aromatic nitrogens is 1. The number of hydrogen-bond donors (Lipinski definition) is 0. The van der Waals surface area contributed by atoms with E-state index in [4.69, 9.17) is 28.0 Å².